The van der Waals surface area contributed by atoms with Gasteiger partial charge in [0.1, 0.15) is 11.5 Å². The average molecular weight is 280 g/mol. The molecule has 114 valence electrons. The maximum absolute atomic E-state index is 5.52. The quantitative estimate of drug-likeness (QED) is 0.754. The minimum absolute atomic E-state index is 0.304. The molecule has 4 nitrogen and oxygen atoms in total. The van der Waals surface area contributed by atoms with Crippen LogP contribution in [0, 0.1) is 0 Å². The lowest BCUT2D eigenvalue weighted by Gasteiger charge is -2.23. The molecule has 1 aromatic carbocycles. The smallest absolute Gasteiger partial charge is 0.127 e. The fourth-order valence-corrected chi connectivity index (χ4v) is 2.18. The Hall–Kier alpha value is -1.26. The first kappa shape index (κ1) is 16.8. The highest BCUT2D eigenvalue weighted by Gasteiger charge is 2.16. The number of nitrogens with zero attached hydrogens (tertiary/aromatic N) is 1. The third kappa shape index (κ3) is 5.02. The molecule has 0 fully saturated rings. The van der Waals surface area contributed by atoms with E-state index in [1.807, 2.05) is 12.1 Å². The zero-order valence-electron chi connectivity index (χ0n) is 13.4. The summed E-state index contributed by atoms with van der Waals surface area (Å²) in [7, 11) is 7.58. The Labute approximate surface area is 123 Å². The van der Waals surface area contributed by atoms with Crippen molar-refractivity contribution in [3.63, 3.8) is 0 Å². The van der Waals surface area contributed by atoms with Gasteiger partial charge in [0.05, 0.1) is 14.2 Å². The van der Waals surface area contributed by atoms with E-state index in [2.05, 4.69) is 37.3 Å². The van der Waals surface area contributed by atoms with Gasteiger partial charge in [-0.05, 0) is 46.1 Å². The van der Waals surface area contributed by atoms with Gasteiger partial charge in [-0.15, -0.1) is 0 Å². The fraction of sp³-hybridized carbons (Fsp3) is 0.625. The zero-order chi connectivity index (χ0) is 15.0. The highest BCUT2D eigenvalue weighted by atomic mass is 16.5. The van der Waals surface area contributed by atoms with Crippen molar-refractivity contribution >= 4 is 0 Å². The van der Waals surface area contributed by atoms with E-state index in [0.717, 1.165) is 37.4 Å². The van der Waals surface area contributed by atoms with Gasteiger partial charge < -0.3 is 19.7 Å². The normalized spacial score (nSPS) is 12.5. The lowest BCUT2D eigenvalue weighted by molar-refractivity contribution is 0.348. The van der Waals surface area contributed by atoms with Crippen molar-refractivity contribution in [3.8, 4) is 11.5 Å². The number of nitrogens with one attached hydrogen (secondary N) is 1. The van der Waals surface area contributed by atoms with Gasteiger partial charge in [0.15, 0.2) is 0 Å². The Morgan fingerprint density at radius 1 is 1.20 bits per heavy atom. The molecule has 0 aliphatic rings. The summed E-state index contributed by atoms with van der Waals surface area (Å²) in [5.41, 5.74) is 1.20. The topological polar surface area (TPSA) is 33.7 Å². The van der Waals surface area contributed by atoms with Crippen LogP contribution in [0.3, 0.4) is 0 Å². The summed E-state index contributed by atoms with van der Waals surface area (Å²) in [6.07, 6.45) is 2.17. The number of benzene rings is 1. The second-order valence-electron chi connectivity index (χ2n) is 5.21. The Kier molecular flexibility index (Phi) is 7.41. The Bertz CT molecular complexity index is 394. The van der Waals surface area contributed by atoms with Crippen LogP contribution >= 0.6 is 0 Å². The van der Waals surface area contributed by atoms with Crippen molar-refractivity contribution in [2.24, 2.45) is 0 Å². The molecule has 1 unspecified atom stereocenters. The predicted octanol–water partition coefficient (Wildman–Crippen LogP) is 2.70. The summed E-state index contributed by atoms with van der Waals surface area (Å²) < 4.78 is 10.8. The van der Waals surface area contributed by atoms with Crippen LogP contribution < -0.4 is 14.8 Å². The molecule has 0 saturated carbocycles. The second kappa shape index (κ2) is 8.82. The third-order valence-electron chi connectivity index (χ3n) is 3.32. The van der Waals surface area contributed by atoms with Gasteiger partial charge in [-0.25, -0.2) is 0 Å². The second-order valence-corrected chi connectivity index (χ2v) is 5.21. The van der Waals surface area contributed by atoms with Crippen LogP contribution in [-0.4, -0.2) is 46.3 Å². The average Bonchev–Trinajstić information content (AvgIpc) is 2.46. The summed E-state index contributed by atoms with van der Waals surface area (Å²) in [5, 5.41) is 3.61. The molecule has 0 bridgehead atoms. The molecule has 0 aromatic heterocycles. The predicted molar refractivity (Wildman–Crippen MR) is 83.8 cm³/mol. The van der Waals surface area contributed by atoms with Crippen LogP contribution in [0.4, 0.5) is 0 Å². The standard InChI is InChI=1S/C16H28N2O2/c1-6-10-17-15(9-11-18(2)3)14-8-7-13(19-4)12-16(14)20-5/h7-8,12,15,17H,6,9-11H2,1-5H3. The number of rotatable bonds is 9. The van der Waals surface area contributed by atoms with Crippen molar-refractivity contribution in [1.82, 2.24) is 10.2 Å². The van der Waals surface area contributed by atoms with Gasteiger partial charge in [0, 0.05) is 17.7 Å². The van der Waals surface area contributed by atoms with E-state index in [-0.39, 0.29) is 0 Å². The monoisotopic (exact) mass is 280 g/mol. The van der Waals surface area contributed by atoms with E-state index in [4.69, 9.17) is 9.47 Å². The van der Waals surface area contributed by atoms with Crippen molar-refractivity contribution in [1.29, 1.82) is 0 Å². The Morgan fingerprint density at radius 3 is 2.50 bits per heavy atom. The van der Waals surface area contributed by atoms with E-state index in [1.54, 1.807) is 14.2 Å². The molecule has 0 heterocycles. The minimum atomic E-state index is 0.304. The van der Waals surface area contributed by atoms with Crippen LogP contribution in [0.25, 0.3) is 0 Å². The molecule has 0 amide bonds. The van der Waals surface area contributed by atoms with Crippen LogP contribution in [0.2, 0.25) is 0 Å². The molecule has 0 aliphatic heterocycles. The van der Waals surface area contributed by atoms with Crippen molar-refractivity contribution in [3.05, 3.63) is 23.8 Å². The molecule has 1 atom stereocenters. The molecule has 1 N–H and O–H groups in total. The summed E-state index contributed by atoms with van der Waals surface area (Å²) in [4.78, 5) is 2.20. The zero-order valence-corrected chi connectivity index (χ0v) is 13.4. The molecule has 0 aliphatic carbocycles. The first-order valence-electron chi connectivity index (χ1n) is 7.22. The van der Waals surface area contributed by atoms with E-state index in [9.17, 15) is 0 Å². The Morgan fingerprint density at radius 2 is 1.95 bits per heavy atom. The summed E-state index contributed by atoms with van der Waals surface area (Å²) in [6.45, 7) is 4.23. The van der Waals surface area contributed by atoms with E-state index < -0.39 is 0 Å². The molecule has 1 aromatic rings. The molecule has 20 heavy (non-hydrogen) atoms. The van der Waals surface area contributed by atoms with E-state index in [1.165, 1.54) is 5.56 Å². The largest absolute Gasteiger partial charge is 0.497 e. The maximum atomic E-state index is 5.52. The molecular formula is C16H28N2O2. The van der Waals surface area contributed by atoms with E-state index >= 15 is 0 Å². The molecule has 4 heteroatoms. The summed E-state index contributed by atoms with van der Waals surface area (Å²) in [5.74, 6) is 1.71. The fourth-order valence-electron chi connectivity index (χ4n) is 2.18. The third-order valence-corrected chi connectivity index (χ3v) is 3.32. The molecular weight excluding hydrogens is 252 g/mol. The summed E-state index contributed by atoms with van der Waals surface area (Å²) >= 11 is 0. The van der Waals surface area contributed by atoms with Crippen LogP contribution in [0.15, 0.2) is 18.2 Å². The number of hydrogen-bond acceptors (Lipinski definition) is 4. The lowest BCUT2D eigenvalue weighted by atomic mass is 10.0. The molecule has 0 radical (unpaired) electrons. The van der Waals surface area contributed by atoms with Crippen molar-refractivity contribution in [2.75, 3.05) is 41.4 Å². The van der Waals surface area contributed by atoms with Crippen molar-refractivity contribution in [2.45, 2.75) is 25.8 Å². The summed E-state index contributed by atoms with van der Waals surface area (Å²) in [6, 6.07) is 6.35. The highest BCUT2D eigenvalue weighted by Crippen LogP contribution is 2.31. The van der Waals surface area contributed by atoms with Crippen LogP contribution in [-0.2, 0) is 0 Å². The molecule has 1 rings (SSSR count). The lowest BCUT2D eigenvalue weighted by Crippen LogP contribution is -2.26. The SMILES string of the molecule is CCCNC(CCN(C)C)c1ccc(OC)cc1OC. The van der Waals surface area contributed by atoms with Gasteiger partial charge >= 0.3 is 0 Å². The number of hydrogen-bond donors (Lipinski definition) is 1. The van der Waals surface area contributed by atoms with Crippen LogP contribution in [0.5, 0.6) is 11.5 Å². The van der Waals surface area contributed by atoms with Crippen LogP contribution in [0.1, 0.15) is 31.4 Å². The Balaban J connectivity index is 2.92. The van der Waals surface area contributed by atoms with Gasteiger partial charge in [-0.2, -0.15) is 0 Å². The van der Waals surface area contributed by atoms with E-state index in [0.29, 0.717) is 6.04 Å². The van der Waals surface area contributed by atoms with Gasteiger partial charge in [0.2, 0.25) is 0 Å². The minimum Gasteiger partial charge on any atom is -0.497 e. The number of methoxy groups -OCH3 is 2. The van der Waals surface area contributed by atoms with Crippen molar-refractivity contribution < 1.29 is 9.47 Å². The molecule has 0 spiro atoms. The van der Waals surface area contributed by atoms with Gasteiger partial charge in [-0.1, -0.05) is 13.0 Å². The van der Waals surface area contributed by atoms with Gasteiger partial charge in [-0.3, -0.25) is 0 Å². The first-order chi connectivity index (χ1) is 9.62. The highest BCUT2D eigenvalue weighted by molar-refractivity contribution is 5.42. The number of ether oxygens (including phenoxy) is 2. The maximum Gasteiger partial charge on any atom is 0.127 e. The first-order valence-corrected chi connectivity index (χ1v) is 7.22. The van der Waals surface area contributed by atoms with Gasteiger partial charge in [0.25, 0.3) is 0 Å². The molecule has 0 saturated heterocycles.